The molecule has 2 aliphatic heterocycles. The summed E-state index contributed by atoms with van der Waals surface area (Å²) in [4.78, 5) is 15.9. The third-order valence-corrected chi connectivity index (χ3v) is 4.78. The average molecular weight is 269 g/mol. The second kappa shape index (κ2) is 4.70. The maximum absolute atomic E-state index is 11.4. The van der Waals surface area contributed by atoms with Crippen molar-refractivity contribution in [3.05, 3.63) is 30.1 Å². The summed E-state index contributed by atoms with van der Waals surface area (Å²) in [6.07, 6.45) is 6.97. The average Bonchev–Trinajstić information content (AvgIpc) is 2.85. The van der Waals surface area contributed by atoms with Gasteiger partial charge in [-0.3, -0.25) is 4.79 Å². The van der Waals surface area contributed by atoms with Crippen LogP contribution in [0.15, 0.2) is 24.3 Å². The smallest absolute Gasteiger partial charge is 0.185 e. The van der Waals surface area contributed by atoms with E-state index in [0.717, 1.165) is 30.2 Å². The normalized spacial score (nSPS) is 29.5. The molecule has 2 fully saturated rings. The van der Waals surface area contributed by atoms with Gasteiger partial charge in [-0.2, -0.15) is 0 Å². The Balaban J connectivity index is 1.79. The first-order chi connectivity index (χ1) is 9.85. The lowest BCUT2D eigenvalue weighted by atomic mass is 9.84. The van der Waals surface area contributed by atoms with E-state index in [1.807, 2.05) is 18.2 Å². The zero-order valence-corrected chi connectivity index (χ0v) is 11.5. The minimum atomic E-state index is 0.402. The van der Waals surface area contributed by atoms with Crippen LogP contribution in [-0.4, -0.2) is 27.9 Å². The topological polar surface area (TPSA) is 46.9 Å². The van der Waals surface area contributed by atoms with Gasteiger partial charge in [0.2, 0.25) is 0 Å². The molecule has 0 spiro atoms. The number of rotatable bonds is 2. The highest BCUT2D eigenvalue weighted by molar-refractivity contribution is 5.83. The highest BCUT2D eigenvalue weighted by atomic mass is 16.1. The molecule has 3 atom stereocenters. The van der Waals surface area contributed by atoms with Crippen LogP contribution in [0.2, 0.25) is 0 Å². The zero-order valence-electron chi connectivity index (χ0n) is 11.5. The summed E-state index contributed by atoms with van der Waals surface area (Å²) < 4.78 is 2.18. The molecule has 4 nitrogen and oxygen atoms in total. The standard InChI is InChI=1S/C16H19N3O/c20-10-16-18-14-6-1-2-7-15(14)19(16)13-8-11-4-3-5-12(9-13)17-11/h1-2,6-7,10-13,17H,3-5,8-9H2/t11-,12+,13?. The maximum atomic E-state index is 11.4. The highest BCUT2D eigenvalue weighted by Gasteiger charge is 2.33. The summed E-state index contributed by atoms with van der Waals surface area (Å²) in [7, 11) is 0. The van der Waals surface area contributed by atoms with Gasteiger partial charge in [0.1, 0.15) is 0 Å². The molecular formula is C16H19N3O. The summed E-state index contributed by atoms with van der Waals surface area (Å²) in [6, 6.07) is 9.68. The molecule has 1 unspecified atom stereocenters. The number of aromatic nitrogens is 2. The van der Waals surface area contributed by atoms with Crippen LogP contribution in [0.5, 0.6) is 0 Å². The summed E-state index contributed by atoms with van der Waals surface area (Å²) in [5.74, 6) is 0.580. The monoisotopic (exact) mass is 269 g/mol. The van der Waals surface area contributed by atoms with Gasteiger partial charge in [-0.1, -0.05) is 18.6 Å². The number of hydrogen-bond donors (Lipinski definition) is 1. The Hall–Kier alpha value is -1.68. The molecule has 1 aromatic carbocycles. The molecule has 2 aliphatic rings. The second-order valence-electron chi connectivity index (χ2n) is 6.06. The number of piperidine rings is 2. The van der Waals surface area contributed by atoms with Crippen LogP contribution in [0.4, 0.5) is 0 Å². The number of benzene rings is 1. The van der Waals surface area contributed by atoms with E-state index in [1.54, 1.807) is 0 Å². The molecular weight excluding hydrogens is 250 g/mol. The van der Waals surface area contributed by atoms with Crippen LogP contribution >= 0.6 is 0 Å². The van der Waals surface area contributed by atoms with E-state index in [9.17, 15) is 4.79 Å². The fraction of sp³-hybridized carbons (Fsp3) is 0.500. The van der Waals surface area contributed by atoms with Gasteiger partial charge in [0.25, 0.3) is 0 Å². The van der Waals surface area contributed by atoms with Crippen molar-refractivity contribution in [2.75, 3.05) is 0 Å². The van der Waals surface area contributed by atoms with Crippen LogP contribution in [0.3, 0.4) is 0 Å². The number of para-hydroxylation sites is 2. The maximum Gasteiger partial charge on any atom is 0.185 e. The molecule has 1 aromatic heterocycles. The van der Waals surface area contributed by atoms with E-state index in [4.69, 9.17) is 0 Å². The molecule has 20 heavy (non-hydrogen) atoms. The van der Waals surface area contributed by atoms with Crippen LogP contribution < -0.4 is 5.32 Å². The molecule has 4 rings (SSSR count). The van der Waals surface area contributed by atoms with Gasteiger partial charge >= 0.3 is 0 Å². The third-order valence-electron chi connectivity index (χ3n) is 4.78. The molecule has 0 saturated carbocycles. The largest absolute Gasteiger partial charge is 0.318 e. The molecule has 0 amide bonds. The number of carbonyl (C=O) groups is 1. The van der Waals surface area contributed by atoms with Crippen molar-refractivity contribution >= 4 is 17.3 Å². The summed E-state index contributed by atoms with van der Waals surface area (Å²) in [5, 5.41) is 3.71. The number of hydrogen-bond acceptors (Lipinski definition) is 3. The number of fused-ring (bicyclic) bond motifs is 3. The van der Waals surface area contributed by atoms with Crippen LogP contribution in [0.25, 0.3) is 11.0 Å². The van der Waals surface area contributed by atoms with Crippen LogP contribution in [0.1, 0.15) is 48.8 Å². The Morgan fingerprint density at radius 1 is 1.20 bits per heavy atom. The van der Waals surface area contributed by atoms with E-state index >= 15 is 0 Å². The van der Waals surface area contributed by atoms with E-state index in [2.05, 4.69) is 20.9 Å². The number of aldehydes is 1. The minimum Gasteiger partial charge on any atom is -0.318 e. The lowest BCUT2D eigenvalue weighted by molar-refractivity contribution is 0.110. The fourth-order valence-corrected chi connectivity index (χ4v) is 3.98. The summed E-state index contributed by atoms with van der Waals surface area (Å²) in [5.41, 5.74) is 2.03. The molecule has 3 heterocycles. The first-order valence-electron chi connectivity index (χ1n) is 7.53. The Morgan fingerprint density at radius 3 is 2.70 bits per heavy atom. The van der Waals surface area contributed by atoms with Gasteiger partial charge in [-0.25, -0.2) is 4.98 Å². The molecule has 2 saturated heterocycles. The van der Waals surface area contributed by atoms with E-state index in [1.165, 1.54) is 19.3 Å². The summed E-state index contributed by atoms with van der Waals surface area (Å²) >= 11 is 0. The molecule has 0 radical (unpaired) electrons. The van der Waals surface area contributed by atoms with E-state index in [-0.39, 0.29) is 0 Å². The van der Waals surface area contributed by atoms with Gasteiger partial charge in [0.05, 0.1) is 11.0 Å². The Kier molecular flexibility index (Phi) is 2.84. The number of nitrogens with zero attached hydrogens (tertiary/aromatic N) is 2. The van der Waals surface area contributed by atoms with Gasteiger partial charge < -0.3 is 9.88 Å². The van der Waals surface area contributed by atoms with Crippen LogP contribution in [-0.2, 0) is 0 Å². The fourth-order valence-electron chi connectivity index (χ4n) is 3.98. The quantitative estimate of drug-likeness (QED) is 0.853. The van der Waals surface area contributed by atoms with Crippen molar-refractivity contribution < 1.29 is 4.79 Å². The first-order valence-corrected chi connectivity index (χ1v) is 7.53. The second-order valence-corrected chi connectivity index (χ2v) is 6.06. The zero-order chi connectivity index (χ0) is 13.5. The lowest BCUT2D eigenvalue weighted by Crippen LogP contribution is -2.49. The highest BCUT2D eigenvalue weighted by Crippen LogP contribution is 2.35. The Morgan fingerprint density at radius 2 is 1.95 bits per heavy atom. The van der Waals surface area contributed by atoms with Crippen molar-refractivity contribution in [2.24, 2.45) is 0 Å². The van der Waals surface area contributed by atoms with E-state index < -0.39 is 0 Å². The van der Waals surface area contributed by atoms with Crippen molar-refractivity contribution in [2.45, 2.75) is 50.2 Å². The predicted octanol–water partition coefficient (Wildman–Crippen LogP) is 2.69. The summed E-state index contributed by atoms with van der Waals surface area (Å²) in [6.45, 7) is 0. The molecule has 1 N–H and O–H groups in total. The van der Waals surface area contributed by atoms with Gasteiger partial charge in [-0.05, 0) is 37.8 Å². The molecule has 4 heteroatoms. The van der Waals surface area contributed by atoms with Crippen molar-refractivity contribution in [1.29, 1.82) is 0 Å². The van der Waals surface area contributed by atoms with E-state index in [0.29, 0.717) is 23.9 Å². The SMILES string of the molecule is O=Cc1nc2ccccc2n1C1C[C@H]2CCC[C@@H](C1)N2. The Bertz CT molecular complexity index is 636. The molecule has 2 aromatic rings. The van der Waals surface area contributed by atoms with Crippen molar-refractivity contribution in [3.8, 4) is 0 Å². The van der Waals surface area contributed by atoms with Gasteiger partial charge in [0.15, 0.2) is 12.1 Å². The van der Waals surface area contributed by atoms with Gasteiger partial charge in [0, 0.05) is 18.1 Å². The van der Waals surface area contributed by atoms with Gasteiger partial charge in [-0.15, -0.1) is 0 Å². The minimum absolute atomic E-state index is 0.402. The van der Waals surface area contributed by atoms with Crippen molar-refractivity contribution in [1.82, 2.24) is 14.9 Å². The predicted molar refractivity (Wildman–Crippen MR) is 78.0 cm³/mol. The molecule has 104 valence electrons. The van der Waals surface area contributed by atoms with Crippen LogP contribution in [0, 0.1) is 0 Å². The first kappa shape index (κ1) is 12.1. The molecule has 2 bridgehead atoms. The van der Waals surface area contributed by atoms with Crippen molar-refractivity contribution in [3.63, 3.8) is 0 Å². The number of imidazole rings is 1. The number of carbonyl (C=O) groups excluding carboxylic acids is 1. The third kappa shape index (κ3) is 1.86. The Labute approximate surface area is 118 Å². The molecule has 0 aliphatic carbocycles. The number of nitrogens with one attached hydrogen (secondary N) is 1. The lowest BCUT2D eigenvalue weighted by Gasteiger charge is -2.41.